The minimum absolute atomic E-state index is 0.805. The number of nitrogens with zero attached hydrogens (tertiary/aromatic N) is 4. The zero-order valence-electron chi connectivity index (χ0n) is 16.4. The van der Waals surface area contributed by atoms with Gasteiger partial charge in [-0.1, -0.05) is 18.2 Å². The van der Waals surface area contributed by atoms with Gasteiger partial charge < -0.3 is 14.5 Å². The van der Waals surface area contributed by atoms with Gasteiger partial charge in [0.1, 0.15) is 5.75 Å². The molecule has 0 N–H and O–H groups in total. The first-order chi connectivity index (χ1) is 12.6. The summed E-state index contributed by atoms with van der Waals surface area (Å²) >= 11 is 0. The average molecular weight is 357 g/mol. The van der Waals surface area contributed by atoms with Crippen molar-refractivity contribution in [1.29, 1.82) is 0 Å². The molecular formula is C21H32N4O. The molecule has 0 atom stereocenters. The first kappa shape index (κ1) is 18.9. The normalized spacial score (nSPS) is 16.3. The number of hydrogen-bond acceptors (Lipinski definition) is 4. The molecule has 0 bridgehead atoms. The SMILES string of the molecule is COc1ccccc1CCN1CCC(CN(C)Cc2cnn(C)c2)CC1. The van der Waals surface area contributed by atoms with E-state index in [4.69, 9.17) is 4.74 Å². The van der Waals surface area contributed by atoms with Gasteiger partial charge in [-0.3, -0.25) is 4.68 Å². The first-order valence-corrected chi connectivity index (χ1v) is 9.64. The fourth-order valence-electron chi connectivity index (χ4n) is 3.95. The van der Waals surface area contributed by atoms with E-state index in [0.29, 0.717) is 0 Å². The summed E-state index contributed by atoms with van der Waals surface area (Å²) in [4.78, 5) is 5.04. The summed E-state index contributed by atoms with van der Waals surface area (Å²) in [6.45, 7) is 5.71. The Labute approximate surface area is 157 Å². The molecular weight excluding hydrogens is 324 g/mol. The van der Waals surface area contributed by atoms with Gasteiger partial charge in [-0.2, -0.15) is 5.10 Å². The van der Waals surface area contributed by atoms with E-state index >= 15 is 0 Å². The predicted molar refractivity (Wildman–Crippen MR) is 105 cm³/mol. The number of methoxy groups -OCH3 is 1. The standard InChI is InChI=1S/C21H32N4O/c1-23(16-19-14-22-24(2)17-19)15-18-8-11-25(12-9-18)13-10-20-6-4-5-7-21(20)26-3/h4-7,14,17-18H,8-13,15-16H2,1-3H3. The lowest BCUT2D eigenvalue weighted by Gasteiger charge is -2.34. The van der Waals surface area contributed by atoms with Crippen LogP contribution in [-0.4, -0.2) is 59.9 Å². The summed E-state index contributed by atoms with van der Waals surface area (Å²) in [5, 5.41) is 4.26. The number of ether oxygens (including phenoxy) is 1. The molecule has 2 aromatic rings. The van der Waals surface area contributed by atoms with Gasteiger partial charge >= 0.3 is 0 Å². The van der Waals surface area contributed by atoms with Crippen LogP contribution in [-0.2, 0) is 20.0 Å². The van der Waals surface area contributed by atoms with Crippen LogP contribution in [0.4, 0.5) is 0 Å². The van der Waals surface area contributed by atoms with Crippen molar-refractivity contribution in [2.45, 2.75) is 25.8 Å². The van der Waals surface area contributed by atoms with Crippen LogP contribution >= 0.6 is 0 Å². The van der Waals surface area contributed by atoms with Gasteiger partial charge in [0.25, 0.3) is 0 Å². The van der Waals surface area contributed by atoms with Crippen molar-refractivity contribution in [1.82, 2.24) is 19.6 Å². The Morgan fingerprint density at radius 3 is 2.69 bits per heavy atom. The molecule has 5 nitrogen and oxygen atoms in total. The number of aryl methyl sites for hydroxylation is 1. The minimum atomic E-state index is 0.805. The van der Waals surface area contributed by atoms with Crippen molar-refractivity contribution in [3.8, 4) is 5.75 Å². The molecule has 0 saturated carbocycles. The maximum atomic E-state index is 5.47. The average Bonchev–Trinajstić information content (AvgIpc) is 3.06. The number of hydrogen-bond donors (Lipinski definition) is 0. The Bertz CT molecular complexity index is 676. The molecule has 1 aliphatic rings. The highest BCUT2D eigenvalue weighted by atomic mass is 16.5. The predicted octanol–water partition coefficient (Wildman–Crippen LogP) is 2.82. The Morgan fingerprint density at radius 1 is 1.23 bits per heavy atom. The molecule has 142 valence electrons. The second kappa shape index (κ2) is 9.19. The molecule has 1 saturated heterocycles. The van der Waals surface area contributed by atoms with Crippen LogP contribution < -0.4 is 4.74 Å². The van der Waals surface area contributed by atoms with Crippen molar-refractivity contribution in [3.63, 3.8) is 0 Å². The largest absolute Gasteiger partial charge is 0.496 e. The van der Waals surface area contributed by atoms with E-state index in [1.807, 2.05) is 24.0 Å². The zero-order chi connectivity index (χ0) is 18.4. The smallest absolute Gasteiger partial charge is 0.122 e. The highest BCUT2D eigenvalue weighted by Crippen LogP contribution is 2.21. The molecule has 1 fully saturated rings. The number of piperidine rings is 1. The zero-order valence-corrected chi connectivity index (χ0v) is 16.4. The lowest BCUT2D eigenvalue weighted by atomic mass is 9.96. The summed E-state index contributed by atoms with van der Waals surface area (Å²) in [5.74, 6) is 1.82. The van der Waals surface area contributed by atoms with Crippen LogP contribution in [0, 0.1) is 5.92 Å². The van der Waals surface area contributed by atoms with E-state index in [1.54, 1.807) is 7.11 Å². The summed E-state index contributed by atoms with van der Waals surface area (Å²) < 4.78 is 7.34. The Kier molecular flexibility index (Phi) is 6.69. The van der Waals surface area contributed by atoms with Gasteiger partial charge in [0, 0.05) is 38.4 Å². The van der Waals surface area contributed by atoms with Crippen LogP contribution in [0.5, 0.6) is 5.75 Å². The van der Waals surface area contributed by atoms with Crippen LogP contribution in [0.2, 0.25) is 0 Å². The Hall–Kier alpha value is -1.85. The lowest BCUT2D eigenvalue weighted by molar-refractivity contribution is 0.153. The third-order valence-corrected chi connectivity index (χ3v) is 5.38. The van der Waals surface area contributed by atoms with Crippen molar-refractivity contribution in [2.75, 3.05) is 40.3 Å². The van der Waals surface area contributed by atoms with Crippen LogP contribution in [0.3, 0.4) is 0 Å². The van der Waals surface area contributed by atoms with E-state index in [0.717, 1.165) is 31.2 Å². The topological polar surface area (TPSA) is 33.5 Å². The maximum Gasteiger partial charge on any atom is 0.122 e. The minimum Gasteiger partial charge on any atom is -0.496 e. The quantitative estimate of drug-likeness (QED) is 0.728. The fourth-order valence-corrected chi connectivity index (χ4v) is 3.95. The second-order valence-corrected chi connectivity index (χ2v) is 7.57. The molecule has 0 spiro atoms. The van der Waals surface area contributed by atoms with E-state index in [-0.39, 0.29) is 0 Å². The molecule has 0 amide bonds. The van der Waals surface area contributed by atoms with Crippen molar-refractivity contribution < 1.29 is 4.74 Å². The molecule has 0 aliphatic carbocycles. The van der Waals surface area contributed by atoms with E-state index in [2.05, 4.69) is 46.3 Å². The molecule has 3 rings (SSSR count). The van der Waals surface area contributed by atoms with E-state index < -0.39 is 0 Å². The van der Waals surface area contributed by atoms with Crippen molar-refractivity contribution >= 4 is 0 Å². The Morgan fingerprint density at radius 2 is 2.00 bits per heavy atom. The van der Waals surface area contributed by atoms with Crippen LogP contribution in [0.25, 0.3) is 0 Å². The molecule has 1 aromatic carbocycles. The first-order valence-electron chi connectivity index (χ1n) is 9.64. The highest BCUT2D eigenvalue weighted by molar-refractivity contribution is 5.33. The van der Waals surface area contributed by atoms with Crippen LogP contribution in [0.1, 0.15) is 24.0 Å². The fraction of sp³-hybridized carbons (Fsp3) is 0.571. The van der Waals surface area contributed by atoms with Gasteiger partial charge in [-0.05, 0) is 56.9 Å². The van der Waals surface area contributed by atoms with E-state index in [9.17, 15) is 0 Å². The van der Waals surface area contributed by atoms with Crippen molar-refractivity contribution in [2.24, 2.45) is 13.0 Å². The lowest BCUT2D eigenvalue weighted by Crippen LogP contribution is -2.38. The van der Waals surface area contributed by atoms with Gasteiger partial charge in [0.05, 0.1) is 13.3 Å². The number of likely N-dealkylation sites (tertiary alicyclic amines) is 1. The number of para-hydroxylation sites is 1. The molecule has 1 aromatic heterocycles. The summed E-state index contributed by atoms with van der Waals surface area (Å²) in [5.41, 5.74) is 2.61. The van der Waals surface area contributed by atoms with E-state index in [1.165, 1.54) is 43.6 Å². The Balaban J connectivity index is 1.38. The molecule has 2 heterocycles. The summed E-state index contributed by atoms with van der Waals surface area (Å²) in [6.07, 6.45) is 7.73. The molecule has 1 aliphatic heterocycles. The molecule has 26 heavy (non-hydrogen) atoms. The maximum absolute atomic E-state index is 5.47. The third kappa shape index (κ3) is 5.32. The van der Waals surface area contributed by atoms with Crippen molar-refractivity contribution in [3.05, 3.63) is 47.8 Å². The second-order valence-electron chi connectivity index (χ2n) is 7.57. The summed E-state index contributed by atoms with van der Waals surface area (Å²) in [7, 11) is 5.96. The number of rotatable bonds is 8. The highest BCUT2D eigenvalue weighted by Gasteiger charge is 2.20. The van der Waals surface area contributed by atoms with Gasteiger partial charge in [0.15, 0.2) is 0 Å². The molecule has 5 heteroatoms. The third-order valence-electron chi connectivity index (χ3n) is 5.38. The van der Waals surface area contributed by atoms with Gasteiger partial charge in [-0.25, -0.2) is 0 Å². The molecule has 0 unspecified atom stereocenters. The molecule has 0 radical (unpaired) electrons. The monoisotopic (exact) mass is 356 g/mol. The van der Waals surface area contributed by atoms with Gasteiger partial charge in [-0.15, -0.1) is 0 Å². The summed E-state index contributed by atoms with van der Waals surface area (Å²) in [6, 6.07) is 8.37. The van der Waals surface area contributed by atoms with Crippen LogP contribution in [0.15, 0.2) is 36.7 Å². The number of aromatic nitrogens is 2. The number of benzene rings is 1. The van der Waals surface area contributed by atoms with Gasteiger partial charge in [0.2, 0.25) is 0 Å².